The average Bonchev–Trinajstić information content (AvgIpc) is 3.55. The summed E-state index contributed by atoms with van der Waals surface area (Å²) >= 11 is 0. The van der Waals surface area contributed by atoms with E-state index < -0.39 is 0 Å². The maximum Gasteiger partial charge on any atom is 2.00 e. The Bertz CT molecular complexity index is 2330. The Kier molecular flexibility index (Phi) is 10.4. The zero-order valence-electron chi connectivity index (χ0n) is 30.9. The SMILES string of the molecule is Cc1ccnc(-n2c3[c-]c(Oc4[c-]c(-n5nc(C)c(-c6ccccc6)c5C)cc(CCC(C)C)c4)ccc3c3cc(CC(C)(C)C)ccc32)c1.[Pt+2]. The van der Waals surface area contributed by atoms with Crippen LogP contribution in [0.5, 0.6) is 11.5 Å². The first-order valence-electron chi connectivity index (χ1n) is 17.7. The number of aromatic nitrogens is 4. The zero-order valence-corrected chi connectivity index (χ0v) is 33.1. The van der Waals surface area contributed by atoms with Gasteiger partial charge >= 0.3 is 21.1 Å². The van der Waals surface area contributed by atoms with Crippen LogP contribution in [0.25, 0.3) is 44.4 Å². The van der Waals surface area contributed by atoms with Crippen molar-refractivity contribution < 1.29 is 25.8 Å². The third-order valence-electron chi connectivity index (χ3n) is 9.28. The molecule has 3 heterocycles. The molecule has 0 spiro atoms. The number of hydrogen-bond acceptors (Lipinski definition) is 3. The van der Waals surface area contributed by atoms with Gasteiger partial charge in [-0.2, -0.15) is 16.7 Å². The Morgan fingerprint density at radius 3 is 2.31 bits per heavy atom. The van der Waals surface area contributed by atoms with Gasteiger partial charge < -0.3 is 9.30 Å². The molecular weight excluding hydrogens is 808 g/mol. The molecule has 7 aromatic rings. The van der Waals surface area contributed by atoms with Gasteiger partial charge in [0.15, 0.2) is 0 Å². The summed E-state index contributed by atoms with van der Waals surface area (Å²) in [5.74, 6) is 2.73. The summed E-state index contributed by atoms with van der Waals surface area (Å²) in [6.07, 6.45) is 4.89. The zero-order chi connectivity index (χ0) is 35.2. The van der Waals surface area contributed by atoms with Crippen molar-refractivity contribution in [1.29, 1.82) is 0 Å². The Morgan fingerprint density at radius 2 is 1.59 bits per heavy atom. The van der Waals surface area contributed by atoms with Gasteiger partial charge in [0, 0.05) is 34.5 Å². The molecule has 0 aliphatic heterocycles. The van der Waals surface area contributed by atoms with Crippen LogP contribution in [-0.2, 0) is 33.9 Å². The van der Waals surface area contributed by atoms with Crippen LogP contribution in [0.15, 0.2) is 91.1 Å². The fourth-order valence-electron chi connectivity index (χ4n) is 7.01. The smallest absolute Gasteiger partial charge is 0.509 e. The summed E-state index contributed by atoms with van der Waals surface area (Å²) in [6, 6.07) is 37.2. The van der Waals surface area contributed by atoms with E-state index in [-0.39, 0.29) is 26.5 Å². The standard InChI is InChI=1S/C45H46N4O.Pt/c1-29(2)14-15-33-23-36(49-32(5)44(31(4)47-49)35-12-10-9-11-13-35)26-38(24-33)50-37-17-18-39-40-25-34(28-45(6,7)8)16-19-41(40)48(42(39)27-37)43-22-30(3)20-21-46-43;/h9-13,16-25,29H,14-15,28H2,1-8H3;/q-2;+2. The van der Waals surface area contributed by atoms with Crippen LogP contribution < -0.4 is 4.74 Å². The van der Waals surface area contributed by atoms with E-state index in [0.717, 1.165) is 75.3 Å². The number of aryl methyl sites for hydroxylation is 3. The third-order valence-corrected chi connectivity index (χ3v) is 9.28. The van der Waals surface area contributed by atoms with Crippen LogP contribution in [-0.4, -0.2) is 19.3 Å². The molecular formula is C45H46N4OPt. The maximum atomic E-state index is 6.67. The molecule has 5 nitrogen and oxygen atoms in total. The number of pyridine rings is 1. The molecule has 7 rings (SSSR count). The van der Waals surface area contributed by atoms with Gasteiger partial charge in [0.05, 0.1) is 5.69 Å². The maximum absolute atomic E-state index is 6.67. The molecule has 0 aliphatic rings. The largest absolute Gasteiger partial charge is 2.00 e. The fourth-order valence-corrected chi connectivity index (χ4v) is 7.01. The molecule has 0 saturated heterocycles. The molecule has 6 heteroatoms. The van der Waals surface area contributed by atoms with Gasteiger partial charge in [0.25, 0.3) is 0 Å². The predicted molar refractivity (Wildman–Crippen MR) is 206 cm³/mol. The van der Waals surface area contributed by atoms with E-state index in [0.29, 0.717) is 17.4 Å². The van der Waals surface area contributed by atoms with Crippen LogP contribution in [0.1, 0.15) is 69.1 Å². The van der Waals surface area contributed by atoms with Gasteiger partial charge in [0.2, 0.25) is 0 Å². The molecule has 0 saturated carbocycles. The number of rotatable bonds is 9. The molecule has 0 radical (unpaired) electrons. The van der Waals surface area contributed by atoms with E-state index >= 15 is 0 Å². The van der Waals surface area contributed by atoms with Crippen LogP contribution in [0.2, 0.25) is 0 Å². The second-order valence-corrected chi connectivity index (χ2v) is 15.3. The minimum atomic E-state index is 0. The third kappa shape index (κ3) is 7.75. The second kappa shape index (κ2) is 14.6. The number of fused-ring (bicyclic) bond motifs is 3. The second-order valence-electron chi connectivity index (χ2n) is 15.3. The summed E-state index contributed by atoms with van der Waals surface area (Å²) in [6.45, 7) is 17.7. The van der Waals surface area contributed by atoms with Crippen molar-refractivity contribution in [3.05, 3.63) is 131 Å². The Hall–Kier alpha value is -4.47. The predicted octanol–water partition coefficient (Wildman–Crippen LogP) is 11.5. The molecule has 3 aromatic heterocycles. The molecule has 0 amide bonds. The van der Waals surface area contributed by atoms with Crippen LogP contribution in [0.3, 0.4) is 0 Å². The van der Waals surface area contributed by atoms with Gasteiger partial charge in [-0.15, -0.1) is 35.7 Å². The fraction of sp³-hybridized carbons (Fsp3) is 0.289. The van der Waals surface area contributed by atoms with Crippen LogP contribution >= 0.6 is 0 Å². The Morgan fingerprint density at radius 1 is 0.804 bits per heavy atom. The number of nitrogens with zero attached hydrogens (tertiary/aromatic N) is 4. The van der Waals surface area contributed by atoms with Crippen molar-refractivity contribution in [3.63, 3.8) is 0 Å². The number of ether oxygens (including phenoxy) is 1. The van der Waals surface area contributed by atoms with Crippen LogP contribution in [0, 0.1) is 44.2 Å². The van der Waals surface area contributed by atoms with Crippen molar-refractivity contribution >= 4 is 21.8 Å². The quantitative estimate of drug-likeness (QED) is 0.136. The molecule has 262 valence electrons. The average molecular weight is 854 g/mol. The van der Waals surface area contributed by atoms with Crippen molar-refractivity contribution in [3.8, 4) is 34.1 Å². The first kappa shape index (κ1) is 36.3. The summed E-state index contributed by atoms with van der Waals surface area (Å²) in [7, 11) is 0. The van der Waals surface area contributed by atoms with Gasteiger partial charge in [-0.3, -0.25) is 4.68 Å². The van der Waals surface area contributed by atoms with Crippen molar-refractivity contribution in [2.24, 2.45) is 11.3 Å². The molecule has 0 bridgehead atoms. The van der Waals surface area contributed by atoms with E-state index in [9.17, 15) is 0 Å². The van der Waals surface area contributed by atoms with E-state index in [1.165, 1.54) is 16.5 Å². The van der Waals surface area contributed by atoms with Crippen molar-refractivity contribution in [2.45, 2.75) is 74.7 Å². The molecule has 0 aliphatic carbocycles. The van der Waals surface area contributed by atoms with Gasteiger partial charge in [-0.05, 0) is 90.9 Å². The minimum Gasteiger partial charge on any atom is -0.509 e. The molecule has 0 atom stereocenters. The topological polar surface area (TPSA) is 44.9 Å². The Balaban J connectivity index is 0.00000448. The monoisotopic (exact) mass is 853 g/mol. The van der Waals surface area contributed by atoms with E-state index in [1.54, 1.807) is 0 Å². The van der Waals surface area contributed by atoms with Gasteiger partial charge in [-0.1, -0.05) is 89.0 Å². The normalized spacial score (nSPS) is 11.8. The van der Waals surface area contributed by atoms with Gasteiger partial charge in [-0.25, -0.2) is 4.98 Å². The molecule has 0 unspecified atom stereocenters. The first-order valence-corrected chi connectivity index (χ1v) is 17.7. The van der Waals surface area contributed by atoms with Gasteiger partial charge in [0.1, 0.15) is 5.82 Å². The minimum absolute atomic E-state index is 0. The van der Waals surface area contributed by atoms with Crippen molar-refractivity contribution in [2.75, 3.05) is 0 Å². The number of benzene rings is 4. The number of hydrogen-bond donors (Lipinski definition) is 0. The van der Waals surface area contributed by atoms with E-state index in [1.807, 2.05) is 29.1 Å². The summed E-state index contributed by atoms with van der Waals surface area (Å²) in [4.78, 5) is 4.79. The first-order chi connectivity index (χ1) is 23.9. The van der Waals surface area contributed by atoms with E-state index in [2.05, 4.69) is 139 Å². The molecule has 51 heavy (non-hydrogen) atoms. The summed E-state index contributed by atoms with van der Waals surface area (Å²) in [5, 5.41) is 7.31. The summed E-state index contributed by atoms with van der Waals surface area (Å²) in [5.41, 5.74) is 11.1. The molecule has 0 N–H and O–H groups in total. The van der Waals surface area contributed by atoms with Crippen molar-refractivity contribution in [1.82, 2.24) is 19.3 Å². The van der Waals surface area contributed by atoms with E-state index in [4.69, 9.17) is 14.8 Å². The molecule has 4 aromatic carbocycles. The summed E-state index contributed by atoms with van der Waals surface area (Å²) < 4.78 is 10.9. The van der Waals surface area contributed by atoms with Crippen LogP contribution in [0.4, 0.5) is 0 Å². The Labute approximate surface area is 317 Å². The molecule has 0 fully saturated rings.